The number of hydrogen-bond acceptors (Lipinski definition) is 4. The van der Waals surface area contributed by atoms with Gasteiger partial charge in [0.2, 0.25) is 11.8 Å². The first kappa shape index (κ1) is 17.4. The summed E-state index contributed by atoms with van der Waals surface area (Å²) in [6.45, 7) is 1.57. The Morgan fingerprint density at radius 2 is 2.04 bits per heavy atom. The number of carbonyl (C=O) groups excluding carboxylic acids is 2. The predicted octanol–water partition coefficient (Wildman–Crippen LogP) is 1.13. The van der Waals surface area contributed by atoms with Crippen LogP contribution >= 0.6 is 0 Å². The van der Waals surface area contributed by atoms with E-state index in [4.69, 9.17) is 15.2 Å². The lowest BCUT2D eigenvalue weighted by Gasteiger charge is -2.32. The number of rotatable bonds is 8. The topological polar surface area (TPSA) is 90.7 Å². The molecule has 0 radical (unpaired) electrons. The van der Waals surface area contributed by atoms with Crippen LogP contribution in [0.15, 0.2) is 30.3 Å². The van der Waals surface area contributed by atoms with Crippen LogP contribution in [0.25, 0.3) is 0 Å². The number of primary amides is 1. The van der Waals surface area contributed by atoms with Gasteiger partial charge in [-0.2, -0.15) is 0 Å². The maximum absolute atomic E-state index is 12.0. The highest BCUT2D eigenvalue weighted by molar-refractivity contribution is 5.78. The van der Waals surface area contributed by atoms with E-state index in [2.05, 4.69) is 5.32 Å². The van der Waals surface area contributed by atoms with Gasteiger partial charge in [-0.1, -0.05) is 30.3 Å². The molecule has 3 N–H and O–H groups in total. The summed E-state index contributed by atoms with van der Waals surface area (Å²) in [7, 11) is 0. The Bertz CT molecular complexity index is 507. The highest BCUT2D eigenvalue weighted by atomic mass is 16.5. The summed E-state index contributed by atoms with van der Waals surface area (Å²) in [6.07, 6.45) is 1.56. The average Bonchev–Trinajstić information content (AvgIpc) is 2.54. The Balaban J connectivity index is 1.78. The summed E-state index contributed by atoms with van der Waals surface area (Å²) in [5, 5.41) is 2.98. The molecule has 6 heteroatoms. The van der Waals surface area contributed by atoms with Gasteiger partial charge in [-0.05, 0) is 18.4 Å². The van der Waals surface area contributed by atoms with Crippen molar-refractivity contribution in [3.05, 3.63) is 35.9 Å². The Labute approximate surface area is 136 Å². The van der Waals surface area contributed by atoms with Crippen molar-refractivity contribution in [2.24, 2.45) is 5.73 Å². The van der Waals surface area contributed by atoms with Gasteiger partial charge < -0.3 is 20.5 Å². The van der Waals surface area contributed by atoms with Crippen molar-refractivity contribution >= 4 is 11.8 Å². The van der Waals surface area contributed by atoms with Crippen LogP contribution in [0.1, 0.15) is 31.2 Å². The zero-order chi connectivity index (χ0) is 16.5. The number of carbonyl (C=O) groups is 2. The van der Waals surface area contributed by atoms with Gasteiger partial charge in [0.05, 0.1) is 19.3 Å². The monoisotopic (exact) mass is 320 g/mol. The molecule has 0 aromatic heterocycles. The van der Waals surface area contributed by atoms with Crippen molar-refractivity contribution in [1.82, 2.24) is 5.32 Å². The van der Waals surface area contributed by atoms with Gasteiger partial charge in [-0.3, -0.25) is 9.59 Å². The molecule has 1 fully saturated rings. The highest BCUT2D eigenvalue weighted by Gasteiger charge is 2.27. The molecule has 126 valence electrons. The fourth-order valence-corrected chi connectivity index (χ4v) is 2.52. The van der Waals surface area contributed by atoms with E-state index in [9.17, 15) is 9.59 Å². The molecule has 0 bridgehead atoms. The van der Waals surface area contributed by atoms with Crippen molar-refractivity contribution in [3.63, 3.8) is 0 Å². The molecule has 0 aliphatic carbocycles. The van der Waals surface area contributed by atoms with Crippen molar-refractivity contribution in [2.45, 2.75) is 44.4 Å². The van der Waals surface area contributed by atoms with Gasteiger partial charge in [0, 0.05) is 19.4 Å². The molecule has 1 aliphatic heterocycles. The lowest BCUT2D eigenvalue weighted by molar-refractivity contribution is -0.126. The Kier molecular flexibility index (Phi) is 7.03. The minimum absolute atomic E-state index is 0.0615. The first-order valence-corrected chi connectivity index (χ1v) is 7.96. The lowest BCUT2D eigenvalue weighted by atomic mass is 10.1. The second kappa shape index (κ2) is 9.27. The third-order valence-corrected chi connectivity index (χ3v) is 3.78. The van der Waals surface area contributed by atoms with Crippen LogP contribution < -0.4 is 11.1 Å². The Morgan fingerprint density at radius 1 is 1.26 bits per heavy atom. The molecule has 0 unspecified atom stereocenters. The van der Waals surface area contributed by atoms with Gasteiger partial charge in [0.1, 0.15) is 6.10 Å². The summed E-state index contributed by atoms with van der Waals surface area (Å²) >= 11 is 0. The standard InChI is InChI=1S/C17H24N2O4/c18-16(20)7-4-8-17(21)19-14-9-10-22-12-15(14)23-11-13-5-2-1-3-6-13/h1-3,5-6,14-15H,4,7-12H2,(H2,18,20)(H,19,21)/t14-,15-/m1/s1. The predicted molar refractivity (Wildman–Crippen MR) is 85.4 cm³/mol. The van der Waals surface area contributed by atoms with E-state index in [1.165, 1.54) is 0 Å². The number of benzene rings is 1. The molecule has 0 saturated carbocycles. The maximum Gasteiger partial charge on any atom is 0.220 e. The Morgan fingerprint density at radius 3 is 2.78 bits per heavy atom. The van der Waals surface area contributed by atoms with E-state index >= 15 is 0 Å². The van der Waals surface area contributed by atoms with E-state index in [-0.39, 0.29) is 30.4 Å². The average molecular weight is 320 g/mol. The first-order chi connectivity index (χ1) is 11.1. The summed E-state index contributed by atoms with van der Waals surface area (Å²) < 4.78 is 11.4. The number of hydrogen-bond donors (Lipinski definition) is 2. The van der Waals surface area contributed by atoms with E-state index < -0.39 is 0 Å². The molecule has 1 aromatic carbocycles. The minimum atomic E-state index is -0.382. The van der Waals surface area contributed by atoms with Crippen molar-refractivity contribution in [3.8, 4) is 0 Å². The third kappa shape index (κ3) is 6.38. The lowest BCUT2D eigenvalue weighted by Crippen LogP contribution is -2.49. The number of ether oxygens (including phenoxy) is 2. The summed E-state index contributed by atoms with van der Waals surface area (Å²) in [4.78, 5) is 22.6. The summed E-state index contributed by atoms with van der Waals surface area (Å²) in [6, 6.07) is 9.83. The molecule has 6 nitrogen and oxygen atoms in total. The fraction of sp³-hybridized carbons (Fsp3) is 0.529. The van der Waals surface area contributed by atoms with Gasteiger partial charge >= 0.3 is 0 Å². The van der Waals surface area contributed by atoms with Gasteiger partial charge in [0.15, 0.2) is 0 Å². The SMILES string of the molecule is NC(=O)CCCC(=O)N[C@@H]1CCOC[C@H]1OCc1ccccc1. The molecule has 23 heavy (non-hydrogen) atoms. The van der Waals surface area contributed by atoms with Crippen molar-refractivity contribution in [2.75, 3.05) is 13.2 Å². The molecule has 1 saturated heterocycles. The number of nitrogens with two attached hydrogens (primary N) is 1. The quantitative estimate of drug-likeness (QED) is 0.751. The molecule has 1 aliphatic rings. The van der Waals surface area contributed by atoms with E-state index in [0.717, 1.165) is 12.0 Å². The van der Waals surface area contributed by atoms with Crippen LogP contribution in [-0.2, 0) is 25.7 Å². The second-order valence-electron chi connectivity index (χ2n) is 5.69. The molecular formula is C17H24N2O4. The summed E-state index contributed by atoms with van der Waals surface area (Å²) in [5.74, 6) is -0.459. The van der Waals surface area contributed by atoms with Crippen LogP contribution in [0.5, 0.6) is 0 Å². The van der Waals surface area contributed by atoms with Gasteiger partial charge in [-0.15, -0.1) is 0 Å². The molecular weight excluding hydrogens is 296 g/mol. The molecule has 2 atom stereocenters. The smallest absolute Gasteiger partial charge is 0.220 e. The van der Waals surface area contributed by atoms with E-state index in [1.54, 1.807) is 0 Å². The van der Waals surface area contributed by atoms with E-state index in [1.807, 2.05) is 30.3 Å². The fourth-order valence-electron chi connectivity index (χ4n) is 2.52. The summed E-state index contributed by atoms with van der Waals surface area (Å²) in [5.41, 5.74) is 6.16. The molecule has 1 aromatic rings. The number of amides is 2. The van der Waals surface area contributed by atoms with E-state index in [0.29, 0.717) is 32.7 Å². The molecule has 1 heterocycles. The van der Waals surface area contributed by atoms with Gasteiger partial charge in [0.25, 0.3) is 0 Å². The van der Waals surface area contributed by atoms with Crippen LogP contribution in [0.3, 0.4) is 0 Å². The van der Waals surface area contributed by atoms with Gasteiger partial charge in [-0.25, -0.2) is 0 Å². The minimum Gasteiger partial charge on any atom is -0.379 e. The van der Waals surface area contributed by atoms with Crippen LogP contribution in [0.4, 0.5) is 0 Å². The zero-order valence-electron chi connectivity index (χ0n) is 13.2. The maximum atomic E-state index is 12.0. The zero-order valence-corrected chi connectivity index (χ0v) is 13.2. The molecule has 0 spiro atoms. The van der Waals surface area contributed by atoms with Crippen LogP contribution in [0, 0.1) is 0 Å². The van der Waals surface area contributed by atoms with Crippen molar-refractivity contribution in [1.29, 1.82) is 0 Å². The second-order valence-corrected chi connectivity index (χ2v) is 5.69. The molecule has 2 amide bonds. The highest BCUT2D eigenvalue weighted by Crippen LogP contribution is 2.14. The third-order valence-electron chi connectivity index (χ3n) is 3.78. The Hall–Kier alpha value is -1.92. The molecule has 2 rings (SSSR count). The largest absolute Gasteiger partial charge is 0.379 e. The normalized spacial score (nSPS) is 20.9. The van der Waals surface area contributed by atoms with Crippen LogP contribution in [-0.4, -0.2) is 37.2 Å². The van der Waals surface area contributed by atoms with Crippen molar-refractivity contribution < 1.29 is 19.1 Å². The first-order valence-electron chi connectivity index (χ1n) is 7.96. The van der Waals surface area contributed by atoms with Crippen LogP contribution in [0.2, 0.25) is 0 Å². The number of nitrogens with one attached hydrogen (secondary N) is 1.